The van der Waals surface area contributed by atoms with Gasteiger partial charge in [-0.25, -0.2) is 14.4 Å². The van der Waals surface area contributed by atoms with E-state index in [9.17, 15) is 17.6 Å². The summed E-state index contributed by atoms with van der Waals surface area (Å²) in [7, 11) is 1.92. The molecule has 42 heavy (non-hydrogen) atoms. The fraction of sp³-hybridized carbons (Fsp3) is 0.250. The summed E-state index contributed by atoms with van der Waals surface area (Å²) < 4.78 is 54.3. The lowest BCUT2D eigenvalue weighted by Crippen LogP contribution is -2.41. The second-order valence-electron chi connectivity index (χ2n) is 9.71. The van der Waals surface area contributed by atoms with Crippen LogP contribution in [-0.2, 0) is 6.54 Å². The molecule has 0 spiro atoms. The molecular weight excluding hydrogens is 544 g/mol. The number of anilines is 1. The Labute approximate surface area is 244 Å². The van der Waals surface area contributed by atoms with Gasteiger partial charge in [-0.15, -0.1) is 0 Å². The largest absolute Gasteiger partial charge is 0.416 e. The van der Waals surface area contributed by atoms with Gasteiger partial charge in [0.05, 0.1) is 11.5 Å². The Bertz CT molecular complexity index is 1410. The van der Waals surface area contributed by atoms with E-state index in [4.69, 9.17) is 5.73 Å². The summed E-state index contributed by atoms with van der Waals surface area (Å²) in [5, 5.41) is 6.22. The van der Waals surface area contributed by atoms with Crippen molar-refractivity contribution in [3.05, 3.63) is 119 Å². The minimum absolute atomic E-state index is 0.0147. The van der Waals surface area contributed by atoms with Gasteiger partial charge in [-0.3, -0.25) is 0 Å². The smallest absolute Gasteiger partial charge is 0.387 e. The van der Waals surface area contributed by atoms with Crippen molar-refractivity contribution in [1.29, 1.82) is 0 Å². The summed E-state index contributed by atoms with van der Waals surface area (Å²) in [5.74, 6) is 0.110. The van der Waals surface area contributed by atoms with Gasteiger partial charge in [0.1, 0.15) is 24.2 Å². The first-order valence-electron chi connectivity index (χ1n) is 13.3. The van der Waals surface area contributed by atoms with E-state index in [0.717, 1.165) is 23.3 Å². The van der Waals surface area contributed by atoms with Gasteiger partial charge in [0.2, 0.25) is 0 Å². The number of nitrogens with one attached hydrogen (secondary N) is 2. The van der Waals surface area contributed by atoms with Gasteiger partial charge in [-0.1, -0.05) is 49.9 Å². The number of halogens is 4. The molecule has 0 aliphatic carbocycles. The number of hydrogen-bond acceptors (Lipinski definition) is 6. The van der Waals surface area contributed by atoms with Crippen LogP contribution in [-0.4, -0.2) is 36.5 Å². The van der Waals surface area contributed by atoms with Gasteiger partial charge in [0, 0.05) is 42.4 Å². The number of amidine groups is 1. The Kier molecular flexibility index (Phi) is 10.9. The highest BCUT2D eigenvalue weighted by atomic mass is 19.4. The van der Waals surface area contributed by atoms with E-state index in [1.54, 1.807) is 13.0 Å². The van der Waals surface area contributed by atoms with Gasteiger partial charge < -0.3 is 21.3 Å². The molecule has 2 aromatic rings. The van der Waals surface area contributed by atoms with Crippen molar-refractivity contribution in [2.75, 3.05) is 12.4 Å². The second kappa shape index (κ2) is 14.3. The van der Waals surface area contributed by atoms with Crippen molar-refractivity contribution in [1.82, 2.24) is 10.2 Å². The molecule has 0 saturated heterocycles. The van der Waals surface area contributed by atoms with Crippen LogP contribution in [0.1, 0.15) is 31.9 Å². The molecule has 0 bridgehead atoms. The number of allylic oxidation sites excluding steroid dienone is 4. The number of nitrogens with two attached hydrogens (primary N) is 1. The minimum atomic E-state index is -4.55. The molecule has 6 nitrogen and oxygen atoms in total. The monoisotopic (exact) mass is 580 g/mol. The second-order valence-corrected chi connectivity index (χ2v) is 9.71. The number of rotatable bonds is 11. The van der Waals surface area contributed by atoms with Crippen molar-refractivity contribution >= 4 is 23.9 Å². The fourth-order valence-electron chi connectivity index (χ4n) is 4.16. The van der Waals surface area contributed by atoms with Crippen molar-refractivity contribution in [3.63, 3.8) is 0 Å². The number of aliphatic imine (C=N–C) groups is 2. The van der Waals surface area contributed by atoms with Gasteiger partial charge in [-0.05, 0) is 61.4 Å². The van der Waals surface area contributed by atoms with Crippen LogP contribution >= 0.6 is 0 Å². The van der Waals surface area contributed by atoms with Crippen LogP contribution in [0, 0.1) is 11.7 Å². The van der Waals surface area contributed by atoms with E-state index >= 15 is 0 Å². The molecule has 222 valence electrons. The molecule has 1 aliphatic rings. The third-order valence-corrected chi connectivity index (χ3v) is 6.71. The maximum absolute atomic E-state index is 13.7. The number of benzene rings is 2. The summed E-state index contributed by atoms with van der Waals surface area (Å²) in [5.41, 5.74) is 8.40. The van der Waals surface area contributed by atoms with E-state index in [2.05, 4.69) is 27.2 Å². The molecule has 4 N–H and O–H groups in total. The van der Waals surface area contributed by atoms with Crippen LogP contribution in [0.3, 0.4) is 0 Å². The molecule has 0 fully saturated rings. The van der Waals surface area contributed by atoms with E-state index in [1.165, 1.54) is 37.5 Å². The molecule has 1 aliphatic heterocycles. The lowest BCUT2D eigenvalue weighted by Gasteiger charge is -2.29. The standard InChI is InChI=1S/C32H36F4N6/c1-6-25(32(34,35)36)18-28(29(7-2)41-27-14-12-26(33)13-15-27)22(4)38-19-24-10-8-23(9-11-24)16-17-42(5)31-21(3)30(37)39-20-40-31/h6-18,20-21,31,38,41H,4,19H2,1-3,5H3,(H2,37,39,40)/b17-16+,25-6+,28-18+,29-7?. The molecule has 0 amide bonds. The maximum atomic E-state index is 13.7. The van der Waals surface area contributed by atoms with Gasteiger partial charge in [0.15, 0.2) is 0 Å². The highest BCUT2D eigenvalue weighted by Gasteiger charge is 2.32. The third kappa shape index (κ3) is 8.70. The summed E-state index contributed by atoms with van der Waals surface area (Å²) in [6.07, 6.45) is 4.36. The van der Waals surface area contributed by atoms with E-state index < -0.39 is 17.6 Å². The molecule has 0 aromatic heterocycles. The molecule has 1 heterocycles. The highest BCUT2D eigenvalue weighted by Crippen LogP contribution is 2.31. The molecule has 0 radical (unpaired) electrons. The SMILES string of the molecule is C=C(NCc1ccc(/C=C/N(C)C2N=CN=C(N)C2C)cc1)/C(=C\C(=C/C)C(F)(F)F)C(=CC)Nc1ccc(F)cc1. The summed E-state index contributed by atoms with van der Waals surface area (Å²) in [6.45, 7) is 9.36. The Morgan fingerprint density at radius 3 is 2.33 bits per heavy atom. The van der Waals surface area contributed by atoms with Gasteiger partial charge >= 0.3 is 6.18 Å². The first-order chi connectivity index (χ1) is 19.9. The summed E-state index contributed by atoms with van der Waals surface area (Å²) in [6, 6.07) is 13.3. The molecule has 3 rings (SSSR count). The van der Waals surface area contributed by atoms with Crippen molar-refractivity contribution in [3.8, 4) is 0 Å². The number of nitrogens with zero attached hydrogens (tertiary/aromatic N) is 3. The molecule has 10 heteroatoms. The molecule has 2 atom stereocenters. The maximum Gasteiger partial charge on any atom is 0.416 e. The van der Waals surface area contributed by atoms with Crippen molar-refractivity contribution < 1.29 is 17.6 Å². The van der Waals surface area contributed by atoms with Crippen LogP contribution < -0.4 is 16.4 Å². The predicted molar refractivity (Wildman–Crippen MR) is 164 cm³/mol. The molecular formula is C32H36F4N6. The predicted octanol–water partition coefficient (Wildman–Crippen LogP) is 7.14. The number of hydrogen-bond donors (Lipinski definition) is 3. The van der Waals surface area contributed by atoms with E-state index in [-0.39, 0.29) is 23.4 Å². The molecule has 2 unspecified atom stereocenters. The van der Waals surface area contributed by atoms with E-state index in [1.807, 2.05) is 55.4 Å². The Balaban J connectivity index is 1.73. The highest BCUT2D eigenvalue weighted by molar-refractivity contribution is 5.91. The molecule has 0 saturated carbocycles. The third-order valence-electron chi connectivity index (χ3n) is 6.71. The average molecular weight is 581 g/mol. The zero-order valence-corrected chi connectivity index (χ0v) is 24.1. The average Bonchev–Trinajstić information content (AvgIpc) is 2.96. The van der Waals surface area contributed by atoms with Crippen LogP contribution in [0.2, 0.25) is 0 Å². The Hall–Kier alpha value is -4.60. The van der Waals surface area contributed by atoms with Gasteiger partial charge in [0.25, 0.3) is 0 Å². The lowest BCUT2D eigenvalue weighted by molar-refractivity contribution is -0.0883. The number of alkyl halides is 3. The Morgan fingerprint density at radius 2 is 1.74 bits per heavy atom. The zero-order chi connectivity index (χ0) is 30.9. The van der Waals surface area contributed by atoms with Gasteiger partial charge in [-0.2, -0.15) is 13.2 Å². The van der Waals surface area contributed by atoms with Crippen LogP contribution in [0.5, 0.6) is 0 Å². The van der Waals surface area contributed by atoms with Crippen LogP contribution in [0.4, 0.5) is 23.2 Å². The van der Waals surface area contributed by atoms with E-state index in [0.29, 0.717) is 23.8 Å². The lowest BCUT2D eigenvalue weighted by atomic mass is 10.0. The topological polar surface area (TPSA) is 78.0 Å². The quantitative estimate of drug-likeness (QED) is 0.195. The van der Waals surface area contributed by atoms with Crippen molar-refractivity contribution in [2.45, 2.75) is 39.7 Å². The molecule has 2 aromatic carbocycles. The Morgan fingerprint density at radius 1 is 1.07 bits per heavy atom. The van der Waals surface area contributed by atoms with Crippen LogP contribution in [0.25, 0.3) is 6.08 Å². The fourth-order valence-corrected chi connectivity index (χ4v) is 4.16. The van der Waals surface area contributed by atoms with Crippen LogP contribution in [0.15, 0.2) is 112 Å². The normalized spacial score (nSPS) is 18.2. The minimum Gasteiger partial charge on any atom is -0.387 e. The first kappa shape index (κ1) is 31.9. The summed E-state index contributed by atoms with van der Waals surface area (Å²) in [4.78, 5) is 10.4. The van der Waals surface area contributed by atoms with Crippen molar-refractivity contribution in [2.24, 2.45) is 21.6 Å². The first-order valence-corrected chi connectivity index (χ1v) is 13.3. The zero-order valence-electron chi connectivity index (χ0n) is 24.1. The summed E-state index contributed by atoms with van der Waals surface area (Å²) >= 11 is 0.